The van der Waals surface area contributed by atoms with Crippen molar-refractivity contribution in [2.45, 2.75) is 11.8 Å². The van der Waals surface area contributed by atoms with Crippen LogP contribution in [0.5, 0.6) is 0 Å². The van der Waals surface area contributed by atoms with Gasteiger partial charge in [-0.3, -0.25) is 9.59 Å². The van der Waals surface area contributed by atoms with E-state index in [9.17, 15) is 22.4 Å². The number of rotatable bonds is 8. The molecule has 0 fully saturated rings. The molecule has 0 aliphatic heterocycles. The van der Waals surface area contributed by atoms with Gasteiger partial charge in [-0.1, -0.05) is 11.8 Å². The summed E-state index contributed by atoms with van der Waals surface area (Å²) in [6.07, 6.45) is 0.979. The average molecular weight is 476 g/mol. The van der Waals surface area contributed by atoms with E-state index in [0.29, 0.717) is 16.9 Å². The zero-order valence-corrected chi connectivity index (χ0v) is 18.3. The molecule has 3 aromatic rings. The molecule has 0 unspecified atom stereocenters. The van der Waals surface area contributed by atoms with E-state index in [1.165, 1.54) is 31.2 Å². The second-order valence-electron chi connectivity index (χ2n) is 6.49. The molecule has 0 aliphatic rings. The quantitative estimate of drug-likeness (QED) is 0.418. The number of carbonyl (C=O) groups excluding carboxylic acids is 2. The maximum Gasteiger partial charge on any atom is 0.238 e. The number of sulfonamides is 1. The van der Waals surface area contributed by atoms with Crippen molar-refractivity contribution in [3.8, 4) is 0 Å². The van der Waals surface area contributed by atoms with E-state index < -0.39 is 15.8 Å². The standard InChI is InChI=1S/C20H18FN5O4S2/c1-12(27)31-11-18(28)13-2-4-14(5-3-13)24-19-17(21)10-23-20(26-19)25-15-6-8-16(9-7-15)32(22,29)30/h2-10H,11H2,1H3,(H2,22,29,30)(H2,23,24,25,26). The van der Waals surface area contributed by atoms with Crippen LogP contribution in [0.3, 0.4) is 0 Å². The Labute approximate surface area is 187 Å². The number of benzene rings is 2. The van der Waals surface area contributed by atoms with Crippen molar-refractivity contribution in [1.29, 1.82) is 0 Å². The second kappa shape index (κ2) is 9.85. The zero-order valence-electron chi connectivity index (χ0n) is 16.7. The zero-order chi connectivity index (χ0) is 23.3. The van der Waals surface area contributed by atoms with Gasteiger partial charge in [0, 0.05) is 23.9 Å². The average Bonchev–Trinajstić information content (AvgIpc) is 2.74. The summed E-state index contributed by atoms with van der Waals surface area (Å²) in [6.45, 7) is 1.39. The van der Waals surface area contributed by atoms with Crippen LogP contribution in [0, 0.1) is 5.82 Å². The summed E-state index contributed by atoms with van der Waals surface area (Å²) in [5.41, 5.74) is 1.39. The van der Waals surface area contributed by atoms with Gasteiger partial charge in [0.05, 0.1) is 16.8 Å². The van der Waals surface area contributed by atoms with Gasteiger partial charge in [-0.25, -0.2) is 22.9 Å². The van der Waals surface area contributed by atoms with Crippen LogP contribution in [0.25, 0.3) is 0 Å². The second-order valence-corrected chi connectivity index (χ2v) is 9.20. The summed E-state index contributed by atoms with van der Waals surface area (Å²) >= 11 is 0.934. The van der Waals surface area contributed by atoms with E-state index in [1.54, 1.807) is 24.3 Å². The molecule has 0 radical (unpaired) electrons. The van der Waals surface area contributed by atoms with Crippen molar-refractivity contribution in [1.82, 2.24) is 9.97 Å². The monoisotopic (exact) mass is 475 g/mol. The minimum absolute atomic E-state index is 0.0488. The van der Waals surface area contributed by atoms with Crippen LogP contribution < -0.4 is 15.8 Å². The highest BCUT2D eigenvalue weighted by molar-refractivity contribution is 8.14. The first kappa shape index (κ1) is 23.3. The van der Waals surface area contributed by atoms with Crippen molar-refractivity contribution in [3.63, 3.8) is 0 Å². The van der Waals surface area contributed by atoms with Crippen molar-refractivity contribution in [2.75, 3.05) is 16.4 Å². The van der Waals surface area contributed by atoms with Crippen molar-refractivity contribution < 1.29 is 22.4 Å². The summed E-state index contributed by atoms with van der Waals surface area (Å²) in [7, 11) is -3.81. The largest absolute Gasteiger partial charge is 0.338 e. The molecular weight excluding hydrogens is 457 g/mol. The first-order chi connectivity index (χ1) is 15.1. The Morgan fingerprint density at radius 1 is 1.03 bits per heavy atom. The van der Waals surface area contributed by atoms with E-state index in [1.807, 2.05) is 0 Å². The summed E-state index contributed by atoms with van der Waals surface area (Å²) in [5.74, 6) is -0.862. The molecule has 166 valence electrons. The number of primary sulfonamides is 1. The Hall–Kier alpha value is -3.35. The number of ketones is 1. The normalized spacial score (nSPS) is 11.1. The van der Waals surface area contributed by atoms with Gasteiger partial charge in [-0.05, 0) is 48.5 Å². The van der Waals surface area contributed by atoms with E-state index in [2.05, 4.69) is 20.6 Å². The summed E-state index contributed by atoms with van der Waals surface area (Å²) in [6, 6.07) is 11.9. The number of nitrogens with one attached hydrogen (secondary N) is 2. The Balaban J connectivity index is 1.71. The number of anilines is 4. The predicted molar refractivity (Wildman–Crippen MR) is 120 cm³/mol. The fourth-order valence-corrected chi connectivity index (χ4v) is 3.52. The lowest BCUT2D eigenvalue weighted by Crippen LogP contribution is -2.11. The lowest BCUT2D eigenvalue weighted by atomic mass is 10.1. The molecule has 12 heteroatoms. The predicted octanol–water partition coefficient (Wildman–Crippen LogP) is 3.21. The first-order valence-electron chi connectivity index (χ1n) is 9.08. The molecule has 0 saturated carbocycles. The third-order valence-corrected chi connectivity index (χ3v) is 5.80. The highest BCUT2D eigenvalue weighted by atomic mass is 32.2. The van der Waals surface area contributed by atoms with Gasteiger partial charge in [0.15, 0.2) is 22.5 Å². The Morgan fingerprint density at radius 3 is 2.22 bits per heavy atom. The number of nitrogens with two attached hydrogens (primary N) is 1. The SMILES string of the molecule is CC(=O)SCC(=O)c1ccc(Nc2nc(Nc3ccc(S(N)(=O)=O)cc3)ncc2F)cc1. The van der Waals surface area contributed by atoms with Gasteiger partial charge >= 0.3 is 0 Å². The van der Waals surface area contributed by atoms with Gasteiger partial charge in [0.25, 0.3) is 0 Å². The molecule has 4 N–H and O–H groups in total. The fraction of sp³-hybridized carbons (Fsp3) is 0.100. The third-order valence-electron chi connectivity index (χ3n) is 4.06. The van der Waals surface area contributed by atoms with Crippen LogP contribution in [0.2, 0.25) is 0 Å². The van der Waals surface area contributed by atoms with Crippen molar-refractivity contribution >= 4 is 55.8 Å². The molecule has 9 nitrogen and oxygen atoms in total. The van der Waals surface area contributed by atoms with Crippen LogP contribution in [0.1, 0.15) is 17.3 Å². The highest BCUT2D eigenvalue weighted by Crippen LogP contribution is 2.22. The minimum Gasteiger partial charge on any atom is -0.338 e. The molecule has 0 spiro atoms. The number of thioether (sulfide) groups is 1. The Morgan fingerprint density at radius 2 is 1.62 bits per heavy atom. The third kappa shape index (κ3) is 6.33. The summed E-state index contributed by atoms with van der Waals surface area (Å²) < 4.78 is 36.8. The molecule has 0 saturated heterocycles. The molecule has 0 atom stereocenters. The van der Waals surface area contributed by atoms with Crippen LogP contribution in [-0.2, 0) is 14.8 Å². The number of hydrogen-bond donors (Lipinski definition) is 3. The lowest BCUT2D eigenvalue weighted by Gasteiger charge is -2.10. The van der Waals surface area contributed by atoms with E-state index in [0.717, 1.165) is 18.0 Å². The molecule has 1 aromatic heterocycles. The first-order valence-corrected chi connectivity index (χ1v) is 11.6. The number of halogens is 1. The van der Waals surface area contributed by atoms with Crippen LogP contribution in [0.4, 0.5) is 27.5 Å². The van der Waals surface area contributed by atoms with Crippen LogP contribution in [0.15, 0.2) is 59.6 Å². The highest BCUT2D eigenvalue weighted by Gasteiger charge is 2.11. The molecule has 2 aromatic carbocycles. The van der Waals surface area contributed by atoms with E-state index in [-0.39, 0.29) is 33.3 Å². The van der Waals surface area contributed by atoms with Gasteiger partial charge < -0.3 is 10.6 Å². The Kier molecular flexibility index (Phi) is 7.18. The van der Waals surface area contributed by atoms with Gasteiger partial charge in [-0.15, -0.1) is 0 Å². The van der Waals surface area contributed by atoms with Gasteiger partial charge in [0.2, 0.25) is 16.0 Å². The van der Waals surface area contributed by atoms with Crippen LogP contribution >= 0.6 is 11.8 Å². The molecule has 0 aliphatic carbocycles. The van der Waals surface area contributed by atoms with Crippen LogP contribution in [-0.4, -0.2) is 35.0 Å². The van der Waals surface area contributed by atoms with Crippen molar-refractivity contribution in [2.24, 2.45) is 5.14 Å². The maximum atomic E-state index is 14.2. The van der Waals surface area contributed by atoms with E-state index >= 15 is 0 Å². The number of Topliss-reactive ketones (excluding diaryl/α,β-unsaturated/α-hetero) is 1. The lowest BCUT2D eigenvalue weighted by molar-refractivity contribution is -0.109. The maximum absolute atomic E-state index is 14.2. The Bertz CT molecular complexity index is 1250. The number of aromatic nitrogens is 2. The number of hydrogen-bond acceptors (Lipinski definition) is 9. The topological polar surface area (TPSA) is 144 Å². The number of nitrogens with zero attached hydrogens (tertiary/aromatic N) is 2. The number of carbonyl (C=O) groups is 2. The molecule has 0 bridgehead atoms. The molecule has 3 rings (SSSR count). The minimum atomic E-state index is -3.81. The molecule has 1 heterocycles. The summed E-state index contributed by atoms with van der Waals surface area (Å²) in [5, 5.41) is 10.6. The molecule has 32 heavy (non-hydrogen) atoms. The summed E-state index contributed by atoms with van der Waals surface area (Å²) in [4.78, 5) is 30.9. The van der Waals surface area contributed by atoms with E-state index in [4.69, 9.17) is 5.14 Å². The van der Waals surface area contributed by atoms with Gasteiger partial charge in [-0.2, -0.15) is 4.98 Å². The molecule has 0 amide bonds. The van der Waals surface area contributed by atoms with Gasteiger partial charge in [0.1, 0.15) is 0 Å². The molecular formula is C20H18FN5O4S2. The fourth-order valence-electron chi connectivity index (χ4n) is 2.50. The smallest absolute Gasteiger partial charge is 0.238 e. The van der Waals surface area contributed by atoms with Crippen molar-refractivity contribution in [3.05, 3.63) is 66.1 Å².